The van der Waals surface area contributed by atoms with Crippen LogP contribution in [0.15, 0.2) is 41.8 Å². The highest BCUT2D eigenvalue weighted by Crippen LogP contribution is 2.28. The minimum atomic E-state index is -0.357. The minimum Gasteiger partial charge on any atom is -0.447 e. The zero-order chi connectivity index (χ0) is 15.7. The van der Waals surface area contributed by atoms with E-state index in [0.29, 0.717) is 11.4 Å². The van der Waals surface area contributed by atoms with Gasteiger partial charge in [-0.25, -0.2) is 0 Å². The summed E-state index contributed by atoms with van der Waals surface area (Å²) in [4.78, 5) is 16.2. The summed E-state index contributed by atoms with van der Waals surface area (Å²) in [6.45, 7) is 0. The molecule has 0 saturated heterocycles. The van der Waals surface area contributed by atoms with Gasteiger partial charge in [-0.1, -0.05) is 0 Å². The maximum absolute atomic E-state index is 12.1. The molecule has 1 amide bonds. The van der Waals surface area contributed by atoms with Gasteiger partial charge in [-0.3, -0.25) is 15.1 Å². The van der Waals surface area contributed by atoms with E-state index >= 15 is 0 Å². The molecule has 112 valence electrons. The molecule has 1 aromatic carbocycles. The fourth-order valence-corrected chi connectivity index (χ4v) is 2.61. The number of nitrogens with one attached hydrogen (secondary N) is 2. The van der Waals surface area contributed by atoms with Gasteiger partial charge in [-0.05, 0) is 35.7 Å². The molecule has 6 nitrogen and oxygen atoms in total. The van der Waals surface area contributed by atoms with Gasteiger partial charge in [0.1, 0.15) is 11.4 Å². The number of hydrogen-bond acceptors (Lipinski definition) is 4. The average molecular weight is 314 g/mol. The third-order valence-corrected chi connectivity index (χ3v) is 3.95. The van der Waals surface area contributed by atoms with Gasteiger partial charge in [0.25, 0.3) is 5.91 Å². The summed E-state index contributed by atoms with van der Waals surface area (Å²) in [6.07, 6.45) is 0. The van der Waals surface area contributed by atoms with Crippen LogP contribution in [0.4, 0.5) is 0 Å². The van der Waals surface area contributed by atoms with Crippen LogP contribution in [0.2, 0.25) is 0 Å². The standard InChI is InChI=1S/C15H14N4O2S/c1-19(15(16)17)14(20)12-7-9-4-5-10(8-11(9)18-12)21-13-3-2-6-22-13/h2-8,18H,1H3,(H3,16,17). The van der Waals surface area contributed by atoms with Crippen molar-refractivity contribution in [2.45, 2.75) is 0 Å². The highest BCUT2D eigenvalue weighted by molar-refractivity contribution is 7.11. The molecule has 3 rings (SSSR count). The molecule has 0 saturated carbocycles. The summed E-state index contributed by atoms with van der Waals surface area (Å²) < 4.78 is 5.73. The summed E-state index contributed by atoms with van der Waals surface area (Å²) in [7, 11) is 1.46. The van der Waals surface area contributed by atoms with Crippen molar-refractivity contribution in [1.29, 1.82) is 5.41 Å². The van der Waals surface area contributed by atoms with Crippen molar-refractivity contribution in [3.63, 3.8) is 0 Å². The summed E-state index contributed by atoms with van der Waals surface area (Å²) in [5.41, 5.74) is 6.49. The number of hydrogen-bond donors (Lipinski definition) is 3. The molecule has 0 fully saturated rings. The number of thiophene rings is 1. The molecule has 22 heavy (non-hydrogen) atoms. The lowest BCUT2D eigenvalue weighted by Crippen LogP contribution is -2.38. The maximum Gasteiger partial charge on any atom is 0.276 e. The average Bonchev–Trinajstić information content (AvgIpc) is 3.14. The fourth-order valence-electron chi connectivity index (χ4n) is 2.01. The number of nitrogens with zero attached hydrogens (tertiary/aromatic N) is 1. The van der Waals surface area contributed by atoms with Crippen LogP contribution >= 0.6 is 11.3 Å². The van der Waals surface area contributed by atoms with E-state index in [4.69, 9.17) is 15.9 Å². The van der Waals surface area contributed by atoms with Crippen molar-refractivity contribution >= 4 is 34.1 Å². The van der Waals surface area contributed by atoms with Crippen LogP contribution < -0.4 is 10.5 Å². The Morgan fingerprint density at radius 1 is 1.36 bits per heavy atom. The molecule has 0 bridgehead atoms. The topological polar surface area (TPSA) is 95.2 Å². The van der Waals surface area contributed by atoms with Crippen molar-refractivity contribution in [2.75, 3.05) is 7.05 Å². The molecule has 0 aliphatic heterocycles. The minimum absolute atomic E-state index is 0.301. The quantitative estimate of drug-likeness (QED) is 0.512. The monoisotopic (exact) mass is 314 g/mol. The van der Waals surface area contributed by atoms with Crippen molar-refractivity contribution in [2.24, 2.45) is 5.73 Å². The molecular formula is C15H14N4O2S. The molecule has 0 aliphatic carbocycles. The molecule has 0 aliphatic rings. The van der Waals surface area contributed by atoms with Crippen LogP contribution in [0.25, 0.3) is 10.9 Å². The third kappa shape index (κ3) is 2.66. The van der Waals surface area contributed by atoms with Gasteiger partial charge in [-0.15, -0.1) is 11.3 Å². The van der Waals surface area contributed by atoms with Gasteiger partial charge in [-0.2, -0.15) is 0 Å². The summed E-state index contributed by atoms with van der Waals surface area (Å²) in [5, 5.41) is 10.9. The maximum atomic E-state index is 12.1. The Labute approximate surface area is 130 Å². The lowest BCUT2D eigenvalue weighted by Gasteiger charge is -2.12. The van der Waals surface area contributed by atoms with Gasteiger partial charge >= 0.3 is 0 Å². The first-order valence-corrected chi connectivity index (χ1v) is 7.39. The van der Waals surface area contributed by atoms with E-state index in [2.05, 4.69) is 4.98 Å². The number of aromatic nitrogens is 1. The van der Waals surface area contributed by atoms with E-state index in [1.807, 2.05) is 35.7 Å². The van der Waals surface area contributed by atoms with Crippen LogP contribution in [0.1, 0.15) is 10.5 Å². The Bertz CT molecular complexity index is 838. The zero-order valence-electron chi connectivity index (χ0n) is 11.8. The Balaban J connectivity index is 1.90. The second-order valence-electron chi connectivity index (χ2n) is 4.72. The number of rotatable bonds is 3. The van der Waals surface area contributed by atoms with Crippen molar-refractivity contribution < 1.29 is 9.53 Å². The Morgan fingerprint density at radius 3 is 2.86 bits per heavy atom. The molecular weight excluding hydrogens is 300 g/mol. The van der Waals surface area contributed by atoms with Crippen molar-refractivity contribution in [3.8, 4) is 10.8 Å². The van der Waals surface area contributed by atoms with E-state index in [0.717, 1.165) is 20.9 Å². The van der Waals surface area contributed by atoms with Crippen LogP contribution in [0, 0.1) is 5.41 Å². The first-order chi connectivity index (χ1) is 10.5. The Kier molecular flexibility index (Phi) is 3.56. The smallest absolute Gasteiger partial charge is 0.276 e. The molecule has 7 heteroatoms. The van der Waals surface area contributed by atoms with Crippen molar-refractivity contribution in [3.05, 3.63) is 47.5 Å². The summed E-state index contributed by atoms with van der Waals surface area (Å²) in [6, 6.07) is 11.1. The SMILES string of the molecule is CN(C(=N)N)C(=O)c1cc2ccc(Oc3cccs3)cc2[nH]1. The van der Waals surface area contributed by atoms with E-state index in [1.54, 1.807) is 6.07 Å². The molecule has 2 heterocycles. The predicted molar refractivity (Wildman–Crippen MR) is 86.7 cm³/mol. The Hall–Kier alpha value is -2.80. The lowest BCUT2D eigenvalue weighted by atomic mass is 10.2. The Morgan fingerprint density at radius 2 is 2.18 bits per heavy atom. The van der Waals surface area contributed by atoms with Gasteiger partial charge in [0.05, 0.1) is 0 Å². The van der Waals surface area contributed by atoms with Crippen LogP contribution in [-0.4, -0.2) is 28.8 Å². The second kappa shape index (κ2) is 5.53. The number of nitrogens with two attached hydrogens (primary N) is 1. The van der Waals surface area contributed by atoms with Crippen molar-refractivity contribution in [1.82, 2.24) is 9.88 Å². The second-order valence-corrected chi connectivity index (χ2v) is 5.63. The van der Waals surface area contributed by atoms with Crippen LogP contribution in [0.5, 0.6) is 10.8 Å². The number of carbonyl (C=O) groups excluding carboxylic acids is 1. The fraction of sp³-hybridized carbons (Fsp3) is 0.0667. The number of H-pyrrole nitrogens is 1. The lowest BCUT2D eigenvalue weighted by molar-refractivity contribution is 0.0864. The zero-order valence-corrected chi connectivity index (χ0v) is 12.6. The number of fused-ring (bicyclic) bond motifs is 1. The molecule has 0 radical (unpaired) electrons. The van der Waals surface area contributed by atoms with Gasteiger partial charge in [0.15, 0.2) is 11.0 Å². The number of guanidine groups is 1. The molecule has 2 aromatic heterocycles. The first-order valence-electron chi connectivity index (χ1n) is 6.51. The molecule has 0 spiro atoms. The number of benzene rings is 1. The summed E-state index contributed by atoms with van der Waals surface area (Å²) in [5.74, 6) is 0.0329. The molecule has 3 aromatic rings. The summed E-state index contributed by atoms with van der Waals surface area (Å²) >= 11 is 1.51. The van der Waals surface area contributed by atoms with Crippen LogP contribution in [0.3, 0.4) is 0 Å². The first kappa shape index (κ1) is 14.2. The van der Waals surface area contributed by atoms with Gasteiger partial charge in [0.2, 0.25) is 0 Å². The number of amides is 1. The molecule has 4 N–H and O–H groups in total. The van der Waals surface area contributed by atoms with E-state index in [1.165, 1.54) is 18.4 Å². The van der Waals surface area contributed by atoms with Crippen LogP contribution in [-0.2, 0) is 0 Å². The molecule has 0 atom stereocenters. The highest BCUT2D eigenvalue weighted by atomic mass is 32.1. The van der Waals surface area contributed by atoms with Gasteiger partial charge < -0.3 is 15.5 Å². The van der Waals surface area contributed by atoms with E-state index in [-0.39, 0.29) is 11.9 Å². The molecule has 0 unspecified atom stereocenters. The van der Waals surface area contributed by atoms with E-state index in [9.17, 15) is 4.79 Å². The number of ether oxygens (including phenoxy) is 1. The van der Waals surface area contributed by atoms with Gasteiger partial charge in [0, 0.05) is 24.0 Å². The van der Waals surface area contributed by atoms with E-state index < -0.39 is 0 Å². The largest absolute Gasteiger partial charge is 0.447 e. The number of carbonyl (C=O) groups is 1. The number of aromatic amines is 1. The predicted octanol–water partition coefficient (Wildman–Crippen LogP) is 2.99. The third-order valence-electron chi connectivity index (χ3n) is 3.20. The normalized spacial score (nSPS) is 10.6. The highest BCUT2D eigenvalue weighted by Gasteiger charge is 2.16.